The van der Waals surface area contributed by atoms with Crippen LogP contribution in [-0.2, 0) is 6.18 Å². The first-order valence-electron chi connectivity index (χ1n) is 8.77. The molecule has 2 aromatic carbocycles. The van der Waals surface area contributed by atoms with Gasteiger partial charge < -0.3 is 9.42 Å². The largest absolute Gasteiger partial charge is 0.416 e. The molecule has 1 aromatic heterocycles. The van der Waals surface area contributed by atoms with Crippen LogP contribution in [0, 0.1) is 0 Å². The molecule has 1 aliphatic heterocycles. The fourth-order valence-electron chi connectivity index (χ4n) is 3.24. The first-order chi connectivity index (χ1) is 13.4. The zero-order valence-electron chi connectivity index (χ0n) is 14.7. The molecule has 5 nitrogen and oxygen atoms in total. The van der Waals surface area contributed by atoms with Gasteiger partial charge in [0.25, 0.3) is 11.8 Å². The van der Waals surface area contributed by atoms with Crippen LogP contribution >= 0.6 is 0 Å². The third-order valence-electron chi connectivity index (χ3n) is 4.76. The predicted octanol–water partition coefficient (Wildman–Crippen LogP) is 4.39. The molecule has 144 valence electrons. The van der Waals surface area contributed by atoms with E-state index in [-0.39, 0.29) is 17.4 Å². The quantitative estimate of drug-likeness (QED) is 0.669. The molecule has 0 aliphatic carbocycles. The minimum Gasteiger partial charge on any atom is -0.338 e. The number of halogens is 3. The molecule has 0 radical (unpaired) electrons. The van der Waals surface area contributed by atoms with E-state index in [2.05, 4.69) is 10.1 Å². The zero-order valence-corrected chi connectivity index (χ0v) is 14.7. The first kappa shape index (κ1) is 18.2. The van der Waals surface area contributed by atoms with E-state index in [9.17, 15) is 18.0 Å². The number of carbonyl (C=O) groups is 1. The van der Waals surface area contributed by atoms with E-state index in [1.807, 2.05) is 30.3 Å². The van der Waals surface area contributed by atoms with Crippen molar-refractivity contribution in [1.29, 1.82) is 0 Å². The van der Waals surface area contributed by atoms with Crippen molar-refractivity contribution in [2.24, 2.45) is 0 Å². The first-order valence-corrected chi connectivity index (χ1v) is 8.77. The van der Waals surface area contributed by atoms with Gasteiger partial charge in [0.05, 0.1) is 5.56 Å². The maximum atomic E-state index is 12.7. The Morgan fingerprint density at radius 1 is 1.07 bits per heavy atom. The van der Waals surface area contributed by atoms with Gasteiger partial charge in [0.15, 0.2) is 5.82 Å². The summed E-state index contributed by atoms with van der Waals surface area (Å²) < 4.78 is 43.3. The monoisotopic (exact) mass is 387 g/mol. The molecule has 28 heavy (non-hydrogen) atoms. The molecule has 1 saturated heterocycles. The third kappa shape index (κ3) is 3.62. The average Bonchev–Trinajstić information content (AvgIpc) is 3.37. The van der Waals surface area contributed by atoms with Gasteiger partial charge in [-0.1, -0.05) is 23.4 Å². The molecule has 1 atom stereocenters. The number of rotatable bonds is 3. The van der Waals surface area contributed by atoms with Crippen molar-refractivity contribution in [2.45, 2.75) is 18.5 Å². The number of hydrogen-bond donors (Lipinski definition) is 0. The number of nitrogens with zero attached hydrogens (tertiary/aromatic N) is 3. The fourth-order valence-corrected chi connectivity index (χ4v) is 3.24. The van der Waals surface area contributed by atoms with Crippen LogP contribution in [0.25, 0.3) is 11.5 Å². The van der Waals surface area contributed by atoms with Crippen LogP contribution in [0.2, 0.25) is 0 Å². The van der Waals surface area contributed by atoms with E-state index < -0.39 is 11.7 Å². The minimum atomic E-state index is -4.42. The van der Waals surface area contributed by atoms with E-state index in [1.54, 1.807) is 4.90 Å². The smallest absolute Gasteiger partial charge is 0.338 e. The molecule has 4 rings (SSSR count). The van der Waals surface area contributed by atoms with Gasteiger partial charge in [-0.2, -0.15) is 18.2 Å². The van der Waals surface area contributed by atoms with Gasteiger partial charge in [-0.15, -0.1) is 0 Å². The summed E-state index contributed by atoms with van der Waals surface area (Å²) in [5.74, 6) is 0.576. The Hall–Kier alpha value is -3.16. The summed E-state index contributed by atoms with van der Waals surface area (Å²) in [4.78, 5) is 18.6. The zero-order chi connectivity index (χ0) is 19.7. The maximum absolute atomic E-state index is 12.7. The lowest BCUT2D eigenvalue weighted by Gasteiger charge is -2.16. The van der Waals surface area contributed by atoms with Crippen molar-refractivity contribution in [3.8, 4) is 11.5 Å². The van der Waals surface area contributed by atoms with Crippen LogP contribution < -0.4 is 0 Å². The van der Waals surface area contributed by atoms with E-state index in [0.29, 0.717) is 31.2 Å². The number of hydrogen-bond acceptors (Lipinski definition) is 4. The summed E-state index contributed by atoms with van der Waals surface area (Å²) in [7, 11) is 0. The molecule has 3 aromatic rings. The van der Waals surface area contributed by atoms with Crippen molar-refractivity contribution >= 4 is 5.91 Å². The van der Waals surface area contributed by atoms with E-state index in [1.165, 1.54) is 12.1 Å². The summed E-state index contributed by atoms with van der Waals surface area (Å²) in [5, 5.41) is 4.03. The van der Waals surface area contributed by atoms with E-state index in [4.69, 9.17) is 4.52 Å². The maximum Gasteiger partial charge on any atom is 0.416 e. The number of carbonyl (C=O) groups excluding carboxylic acids is 1. The van der Waals surface area contributed by atoms with Crippen molar-refractivity contribution in [1.82, 2.24) is 15.0 Å². The minimum absolute atomic E-state index is 0.0698. The number of alkyl halides is 3. The molecule has 1 unspecified atom stereocenters. The lowest BCUT2D eigenvalue weighted by molar-refractivity contribution is -0.137. The average molecular weight is 387 g/mol. The number of benzene rings is 2. The fraction of sp³-hybridized carbons (Fsp3) is 0.250. The van der Waals surface area contributed by atoms with Gasteiger partial charge in [-0.3, -0.25) is 4.79 Å². The Bertz CT molecular complexity index is 968. The van der Waals surface area contributed by atoms with E-state index in [0.717, 1.165) is 17.7 Å². The Labute approximate surface area is 158 Å². The van der Waals surface area contributed by atoms with Crippen molar-refractivity contribution in [3.05, 3.63) is 71.5 Å². The van der Waals surface area contributed by atoms with Gasteiger partial charge in [-0.05, 0) is 42.8 Å². The second-order valence-electron chi connectivity index (χ2n) is 6.64. The topological polar surface area (TPSA) is 59.2 Å². The van der Waals surface area contributed by atoms with E-state index >= 15 is 0 Å². The lowest BCUT2D eigenvalue weighted by Crippen LogP contribution is -2.28. The highest BCUT2D eigenvalue weighted by atomic mass is 19.4. The molecular formula is C20H16F3N3O2. The molecule has 0 N–H and O–H groups in total. The number of aromatic nitrogens is 2. The molecule has 1 aliphatic rings. The highest BCUT2D eigenvalue weighted by Crippen LogP contribution is 2.31. The molecule has 0 saturated carbocycles. The van der Waals surface area contributed by atoms with Gasteiger partial charge >= 0.3 is 6.18 Å². The second kappa shape index (κ2) is 7.10. The van der Waals surface area contributed by atoms with Crippen molar-refractivity contribution < 1.29 is 22.5 Å². The molecular weight excluding hydrogens is 371 g/mol. The summed E-state index contributed by atoms with van der Waals surface area (Å²) in [6.07, 6.45) is -3.75. The molecule has 0 bridgehead atoms. The van der Waals surface area contributed by atoms with Crippen LogP contribution in [0.3, 0.4) is 0 Å². The predicted molar refractivity (Wildman–Crippen MR) is 94.4 cm³/mol. The Kier molecular flexibility index (Phi) is 4.62. The standard InChI is InChI=1S/C20H16F3N3O2/c21-20(22,23)16-8-6-14(7-9-16)19(27)26-11-10-15(12-26)17-24-18(28-25-17)13-4-2-1-3-5-13/h1-9,15H,10-12H2. The van der Waals surface area contributed by atoms with Crippen molar-refractivity contribution in [3.63, 3.8) is 0 Å². The lowest BCUT2D eigenvalue weighted by atomic mass is 10.1. The normalized spacial score (nSPS) is 17.1. The van der Waals surface area contributed by atoms with Gasteiger partial charge in [-0.25, -0.2) is 0 Å². The summed E-state index contributed by atoms with van der Waals surface area (Å²) in [5.41, 5.74) is 0.271. The van der Waals surface area contributed by atoms with Crippen LogP contribution in [0.4, 0.5) is 13.2 Å². The highest BCUT2D eigenvalue weighted by molar-refractivity contribution is 5.94. The Balaban J connectivity index is 1.44. The number of likely N-dealkylation sites (tertiary alicyclic amines) is 1. The van der Waals surface area contributed by atoms with Crippen LogP contribution in [0.15, 0.2) is 59.1 Å². The molecule has 0 spiro atoms. The highest BCUT2D eigenvalue weighted by Gasteiger charge is 2.33. The summed E-state index contributed by atoms with van der Waals surface area (Å²) in [6, 6.07) is 13.6. The Morgan fingerprint density at radius 2 is 1.79 bits per heavy atom. The van der Waals surface area contributed by atoms with Gasteiger partial charge in [0, 0.05) is 30.1 Å². The van der Waals surface area contributed by atoms with Crippen LogP contribution in [0.5, 0.6) is 0 Å². The third-order valence-corrected chi connectivity index (χ3v) is 4.76. The molecule has 1 fully saturated rings. The second-order valence-corrected chi connectivity index (χ2v) is 6.64. The van der Waals surface area contributed by atoms with Gasteiger partial charge in [0.1, 0.15) is 0 Å². The SMILES string of the molecule is O=C(c1ccc(C(F)(F)F)cc1)N1CCC(c2noc(-c3ccccc3)n2)C1. The Morgan fingerprint density at radius 3 is 2.46 bits per heavy atom. The van der Waals surface area contributed by atoms with Gasteiger partial charge in [0.2, 0.25) is 0 Å². The van der Waals surface area contributed by atoms with Crippen LogP contribution in [-0.4, -0.2) is 34.0 Å². The molecule has 2 heterocycles. The molecule has 1 amide bonds. The summed E-state index contributed by atoms with van der Waals surface area (Å²) in [6.45, 7) is 0.882. The van der Waals surface area contributed by atoms with Crippen LogP contribution in [0.1, 0.15) is 34.1 Å². The molecule has 8 heteroatoms. The summed E-state index contributed by atoms with van der Waals surface area (Å²) >= 11 is 0. The van der Waals surface area contributed by atoms with Crippen molar-refractivity contribution in [2.75, 3.05) is 13.1 Å². The number of amides is 1.